The Morgan fingerprint density at radius 1 is 1.15 bits per heavy atom. The lowest BCUT2D eigenvalue weighted by molar-refractivity contribution is 0.182. The molecule has 0 amide bonds. The largest absolute Gasteiger partial charge is 0.494 e. The smallest absolute Gasteiger partial charge is 0.240 e. The molecule has 3 aromatic rings. The number of aliphatic hydroxyl groups excluding tert-OH is 1. The Bertz CT molecular complexity index is 994. The van der Waals surface area contributed by atoms with Crippen molar-refractivity contribution in [3.05, 3.63) is 60.3 Å². The maximum atomic E-state index is 12.4. The molecule has 1 aromatic heterocycles. The van der Waals surface area contributed by atoms with Gasteiger partial charge >= 0.3 is 0 Å². The molecule has 0 radical (unpaired) electrons. The predicted molar refractivity (Wildman–Crippen MR) is 101 cm³/mol. The third-order valence-electron chi connectivity index (χ3n) is 4.21. The summed E-state index contributed by atoms with van der Waals surface area (Å²) in [4.78, 5) is 0.131. The Kier molecular flexibility index (Phi) is 5.31. The highest BCUT2D eigenvalue weighted by atomic mass is 32.2. The lowest BCUT2D eigenvalue weighted by atomic mass is 10.1. The van der Waals surface area contributed by atoms with E-state index in [2.05, 4.69) is 4.72 Å². The third kappa shape index (κ3) is 3.90. The number of nitrogens with one attached hydrogen (secondary N) is 1. The van der Waals surface area contributed by atoms with Crippen molar-refractivity contribution >= 4 is 20.9 Å². The van der Waals surface area contributed by atoms with Gasteiger partial charge in [0.05, 0.1) is 17.6 Å². The summed E-state index contributed by atoms with van der Waals surface area (Å²) < 4.78 is 34.5. The normalized spacial score (nSPS) is 13.0. The summed E-state index contributed by atoms with van der Waals surface area (Å²) in [6.45, 7) is 2.27. The van der Waals surface area contributed by atoms with Crippen molar-refractivity contribution in [2.45, 2.75) is 17.9 Å². The Hall–Kier alpha value is -2.35. The van der Waals surface area contributed by atoms with Crippen LogP contribution in [0.2, 0.25) is 0 Å². The molecule has 138 valence electrons. The van der Waals surface area contributed by atoms with Crippen LogP contribution in [0.3, 0.4) is 0 Å². The molecule has 0 fully saturated rings. The number of hydrogen-bond acceptors (Lipinski definition) is 4. The molecule has 0 bridgehead atoms. The second-order valence-corrected chi connectivity index (χ2v) is 7.78. The SMILES string of the molecule is CCOc1ccc(S(=O)(=O)NCC(O)c2ccc3c(ccn3C)c2)cc1. The molecule has 2 N–H and O–H groups in total. The molecule has 1 atom stereocenters. The van der Waals surface area contributed by atoms with Crippen LogP contribution in [0.25, 0.3) is 10.9 Å². The first kappa shape index (κ1) is 18.4. The van der Waals surface area contributed by atoms with E-state index < -0.39 is 16.1 Å². The standard InChI is InChI=1S/C19H22N2O4S/c1-3-25-16-5-7-17(8-6-16)26(23,24)20-13-19(22)15-4-9-18-14(12-15)10-11-21(18)2/h4-12,19-20,22H,3,13H2,1-2H3. The fourth-order valence-electron chi connectivity index (χ4n) is 2.78. The van der Waals surface area contributed by atoms with Gasteiger partial charge in [0.1, 0.15) is 5.75 Å². The van der Waals surface area contributed by atoms with Crippen LogP contribution >= 0.6 is 0 Å². The van der Waals surface area contributed by atoms with Gasteiger partial charge < -0.3 is 14.4 Å². The Morgan fingerprint density at radius 3 is 2.58 bits per heavy atom. The van der Waals surface area contributed by atoms with Crippen LogP contribution in [-0.4, -0.2) is 31.2 Å². The highest BCUT2D eigenvalue weighted by molar-refractivity contribution is 7.89. The van der Waals surface area contributed by atoms with Crippen LogP contribution in [0.5, 0.6) is 5.75 Å². The molecule has 6 nitrogen and oxygen atoms in total. The highest BCUT2D eigenvalue weighted by Crippen LogP contribution is 2.21. The van der Waals surface area contributed by atoms with Crippen LogP contribution in [0, 0.1) is 0 Å². The highest BCUT2D eigenvalue weighted by Gasteiger charge is 2.17. The van der Waals surface area contributed by atoms with Gasteiger partial charge in [-0.15, -0.1) is 0 Å². The van der Waals surface area contributed by atoms with Crippen LogP contribution in [-0.2, 0) is 17.1 Å². The topological polar surface area (TPSA) is 80.6 Å². The molecule has 0 saturated heterocycles. The molecule has 1 heterocycles. The molecule has 1 unspecified atom stereocenters. The maximum absolute atomic E-state index is 12.4. The number of fused-ring (bicyclic) bond motifs is 1. The van der Waals surface area contributed by atoms with Crippen molar-refractivity contribution in [1.82, 2.24) is 9.29 Å². The molecule has 3 rings (SSSR count). The number of aliphatic hydroxyl groups is 1. The van der Waals surface area contributed by atoms with E-state index in [1.54, 1.807) is 18.2 Å². The second kappa shape index (κ2) is 7.49. The van der Waals surface area contributed by atoms with E-state index in [1.165, 1.54) is 12.1 Å². The first-order valence-corrected chi connectivity index (χ1v) is 9.84. The van der Waals surface area contributed by atoms with Crippen molar-refractivity contribution in [2.75, 3.05) is 13.2 Å². The monoisotopic (exact) mass is 374 g/mol. The summed E-state index contributed by atoms with van der Waals surface area (Å²) in [5.41, 5.74) is 1.72. The molecule has 26 heavy (non-hydrogen) atoms. The molecular weight excluding hydrogens is 352 g/mol. The fraction of sp³-hybridized carbons (Fsp3) is 0.263. The van der Waals surface area contributed by atoms with Gasteiger partial charge in [0.2, 0.25) is 10.0 Å². The van der Waals surface area contributed by atoms with E-state index in [1.807, 2.05) is 42.9 Å². The van der Waals surface area contributed by atoms with Crippen LogP contribution in [0.1, 0.15) is 18.6 Å². The third-order valence-corrected chi connectivity index (χ3v) is 5.65. The van der Waals surface area contributed by atoms with Gasteiger partial charge in [0.25, 0.3) is 0 Å². The first-order chi connectivity index (χ1) is 12.4. The van der Waals surface area contributed by atoms with Crippen LogP contribution < -0.4 is 9.46 Å². The van der Waals surface area contributed by atoms with Gasteiger partial charge in [-0.25, -0.2) is 13.1 Å². The molecule has 0 aliphatic carbocycles. The summed E-state index contributed by atoms with van der Waals surface area (Å²) in [5, 5.41) is 11.4. The minimum absolute atomic E-state index is 0.103. The van der Waals surface area contributed by atoms with E-state index in [9.17, 15) is 13.5 Å². The zero-order chi connectivity index (χ0) is 18.7. The fourth-order valence-corrected chi connectivity index (χ4v) is 3.82. The summed E-state index contributed by atoms with van der Waals surface area (Å²) in [7, 11) is -1.76. The van der Waals surface area contributed by atoms with E-state index in [4.69, 9.17) is 4.74 Å². The zero-order valence-electron chi connectivity index (χ0n) is 14.7. The number of benzene rings is 2. The number of hydrogen-bond donors (Lipinski definition) is 2. The average Bonchev–Trinajstić information content (AvgIpc) is 3.01. The van der Waals surface area contributed by atoms with E-state index in [0.29, 0.717) is 17.9 Å². The number of nitrogens with zero attached hydrogens (tertiary/aromatic N) is 1. The van der Waals surface area contributed by atoms with Crippen molar-refractivity contribution in [2.24, 2.45) is 7.05 Å². The van der Waals surface area contributed by atoms with Crippen molar-refractivity contribution < 1.29 is 18.3 Å². The van der Waals surface area contributed by atoms with Gasteiger partial charge in [0.15, 0.2) is 0 Å². The molecule has 0 aliphatic rings. The van der Waals surface area contributed by atoms with Crippen molar-refractivity contribution in [3.63, 3.8) is 0 Å². The van der Waals surface area contributed by atoms with Crippen LogP contribution in [0.4, 0.5) is 0 Å². The average molecular weight is 374 g/mol. The molecule has 0 aliphatic heterocycles. The van der Waals surface area contributed by atoms with E-state index in [0.717, 1.165) is 10.9 Å². The molecule has 0 spiro atoms. The lowest BCUT2D eigenvalue weighted by Crippen LogP contribution is -2.28. The number of aromatic nitrogens is 1. The van der Waals surface area contributed by atoms with E-state index in [-0.39, 0.29) is 11.4 Å². The number of aryl methyl sites for hydroxylation is 1. The number of ether oxygens (including phenoxy) is 1. The van der Waals surface area contributed by atoms with Crippen LogP contribution in [0.15, 0.2) is 59.6 Å². The lowest BCUT2D eigenvalue weighted by Gasteiger charge is -2.13. The second-order valence-electron chi connectivity index (χ2n) is 6.02. The number of rotatable bonds is 7. The summed E-state index contributed by atoms with van der Waals surface area (Å²) in [6, 6.07) is 13.7. The van der Waals surface area contributed by atoms with Gasteiger partial charge in [0, 0.05) is 25.3 Å². The minimum Gasteiger partial charge on any atom is -0.494 e. The quantitative estimate of drug-likeness (QED) is 0.666. The first-order valence-electron chi connectivity index (χ1n) is 8.36. The zero-order valence-corrected chi connectivity index (χ0v) is 15.5. The van der Waals surface area contributed by atoms with E-state index >= 15 is 0 Å². The summed E-state index contributed by atoms with van der Waals surface area (Å²) >= 11 is 0. The van der Waals surface area contributed by atoms with Crippen molar-refractivity contribution in [1.29, 1.82) is 0 Å². The number of sulfonamides is 1. The Morgan fingerprint density at radius 2 is 1.88 bits per heavy atom. The molecule has 7 heteroatoms. The van der Waals surface area contributed by atoms with Gasteiger partial charge in [-0.2, -0.15) is 0 Å². The molecular formula is C19H22N2O4S. The van der Waals surface area contributed by atoms with Gasteiger partial charge in [-0.1, -0.05) is 6.07 Å². The molecule has 0 saturated carbocycles. The Labute approximate surface area is 153 Å². The molecule has 2 aromatic carbocycles. The predicted octanol–water partition coefficient (Wildman–Crippen LogP) is 2.59. The summed E-state index contributed by atoms with van der Waals surface area (Å²) in [5.74, 6) is 0.614. The Balaban J connectivity index is 1.69. The maximum Gasteiger partial charge on any atom is 0.240 e. The van der Waals surface area contributed by atoms with Crippen molar-refractivity contribution in [3.8, 4) is 5.75 Å². The summed E-state index contributed by atoms with van der Waals surface area (Å²) in [6.07, 6.45) is 1.01. The minimum atomic E-state index is -3.70. The van der Waals surface area contributed by atoms with Gasteiger partial charge in [-0.05, 0) is 60.3 Å². The van der Waals surface area contributed by atoms with Gasteiger partial charge in [-0.3, -0.25) is 0 Å².